The van der Waals surface area contributed by atoms with Gasteiger partial charge in [-0.05, 0) is 31.1 Å². The van der Waals surface area contributed by atoms with Crippen LogP contribution in [0.5, 0.6) is 0 Å². The topological polar surface area (TPSA) is 110 Å². The molecule has 9 heteroatoms. The Morgan fingerprint density at radius 3 is 1.68 bits per heavy atom. The molecule has 0 bridgehead atoms. The van der Waals surface area contributed by atoms with E-state index in [1.807, 2.05) is 6.92 Å². The van der Waals surface area contributed by atoms with Crippen LogP contribution in [0.4, 0.5) is 0 Å². The van der Waals surface area contributed by atoms with Crippen molar-refractivity contribution in [2.45, 2.75) is 104 Å². The zero-order valence-electron chi connectivity index (χ0n) is 20.2. The molecule has 178 valence electrons. The van der Waals surface area contributed by atoms with Crippen LogP contribution in [0.1, 0.15) is 98.3 Å². The van der Waals surface area contributed by atoms with E-state index in [9.17, 15) is 22.6 Å². The van der Waals surface area contributed by atoms with E-state index < -0.39 is 33.7 Å². The van der Waals surface area contributed by atoms with Gasteiger partial charge in [-0.25, -0.2) is 8.42 Å². The molecular weight excluding hydrogens is 431 g/mol. The Kier molecular flexibility index (Phi) is 20.6. The van der Waals surface area contributed by atoms with Crippen molar-refractivity contribution in [3.63, 3.8) is 0 Å². The molecule has 0 aliphatic heterocycles. The van der Waals surface area contributed by atoms with E-state index >= 15 is 0 Å². The Bertz CT molecular complexity index is 572. The molecule has 0 amide bonds. The molecular formula is C22H41NaO7S. The largest absolute Gasteiger partial charge is 1.00 e. The smallest absolute Gasteiger partial charge is 0.747 e. The average Bonchev–Trinajstić information content (AvgIpc) is 2.70. The summed E-state index contributed by atoms with van der Waals surface area (Å²) in [4.78, 5) is 24.4. The van der Waals surface area contributed by atoms with Crippen molar-refractivity contribution < 1.29 is 61.6 Å². The fourth-order valence-electron chi connectivity index (χ4n) is 3.21. The van der Waals surface area contributed by atoms with Crippen LogP contribution in [0.3, 0.4) is 0 Å². The quantitative estimate of drug-likeness (QED) is 0.169. The molecule has 0 aliphatic carbocycles. The summed E-state index contributed by atoms with van der Waals surface area (Å²) in [6.45, 7) is 8.42. The van der Waals surface area contributed by atoms with E-state index in [4.69, 9.17) is 9.47 Å². The molecule has 0 heterocycles. The normalized spacial score (nSPS) is 13.4. The number of rotatable bonds is 18. The van der Waals surface area contributed by atoms with Gasteiger partial charge in [0, 0.05) is 0 Å². The summed E-state index contributed by atoms with van der Waals surface area (Å²) in [5.74, 6) is -1.71. The summed E-state index contributed by atoms with van der Waals surface area (Å²) >= 11 is 0. The van der Waals surface area contributed by atoms with E-state index in [2.05, 4.69) is 20.8 Å². The van der Waals surface area contributed by atoms with Gasteiger partial charge in [0.25, 0.3) is 0 Å². The molecule has 0 fully saturated rings. The number of esters is 2. The molecule has 0 saturated heterocycles. The maximum Gasteiger partial charge on any atom is 1.00 e. The van der Waals surface area contributed by atoms with Gasteiger partial charge >= 0.3 is 41.5 Å². The molecule has 0 N–H and O–H groups in total. The fraction of sp³-hybridized carbons (Fsp3) is 0.909. The summed E-state index contributed by atoms with van der Waals surface area (Å²) in [7, 11) is -5.02. The maximum atomic E-state index is 12.3. The second kappa shape index (κ2) is 19.3. The van der Waals surface area contributed by atoms with Crippen LogP contribution in [0.25, 0.3) is 0 Å². The third-order valence-electron chi connectivity index (χ3n) is 5.38. The molecule has 2 unspecified atom stereocenters. The summed E-state index contributed by atoms with van der Waals surface area (Å²) < 4.78 is 45.0. The Hall–Kier alpha value is -0.150. The van der Waals surface area contributed by atoms with Crippen LogP contribution in [0.15, 0.2) is 0 Å². The van der Waals surface area contributed by atoms with Crippen molar-refractivity contribution in [1.29, 1.82) is 0 Å². The standard InChI is InChI=1S/C22H42O7S.Na/c1-5-9-12-18(8-4)16-28-21(23)15-20(30(25,26)27)22(24)29-17-19(13-10-6-2)14-11-7-3;/h18-20H,5-17H2,1-4H3,(H,25,26,27);/q;+1/p-1. The maximum absolute atomic E-state index is 12.3. The Morgan fingerprint density at radius 1 is 0.806 bits per heavy atom. The number of hydrogen-bond acceptors (Lipinski definition) is 7. The summed E-state index contributed by atoms with van der Waals surface area (Å²) in [6, 6.07) is 0. The van der Waals surface area contributed by atoms with Crippen molar-refractivity contribution in [1.82, 2.24) is 0 Å². The molecule has 7 nitrogen and oxygen atoms in total. The SMILES string of the molecule is CCCCC(CC)COC(=O)CC(C(=O)OCC(CCCC)CCCC)S(=O)(=O)[O-].[Na+]. The number of carbonyl (C=O) groups excluding carboxylic acids is 2. The third kappa shape index (κ3) is 16.2. The minimum Gasteiger partial charge on any atom is -0.747 e. The van der Waals surface area contributed by atoms with E-state index in [1.165, 1.54) is 0 Å². The second-order valence-corrected chi connectivity index (χ2v) is 9.62. The predicted octanol–water partition coefficient (Wildman–Crippen LogP) is 1.59. The summed E-state index contributed by atoms with van der Waals surface area (Å²) in [6.07, 6.45) is 8.71. The van der Waals surface area contributed by atoms with E-state index in [0.29, 0.717) is 0 Å². The van der Waals surface area contributed by atoms with E-state index in [1.54, 1.807) is 0 Å². The number of hydrogen-bond donors (Lipinski definition) is 0. The van der Waals surface area contributed by atoms with Crippen molar-refractivity contribution in [3.8, 4) is 0 Å². The molecule has 0 radical (unpaired) electrons. The molecule has 0 aliphatic rings. The van der Waals surface area contributed by atoms with E-state index in [0.717, 1.165) is 64.2 Å². The molecule has 0 spiro atoms. The molecule has 0 rings (SSSR count). The zero-order valence-corrected chi connectivity index (χ0v) is 23.0. The number of unbranched alkanes of at least 4 members (excludes halogenated alkanes) is 3. The number of ether oxygens (including phenoxy) is 2. The molecule has 0 aromatic heterocycles. The van der Waals surface area contributed by atoms with Crippen molar-refractivity contribution >= 4 is 22.1 Å². The first kappa shape index (κ1) is 33.0. The third-order valence-corrected chi connectivity index (χ3v) is 6.44. The van der Waals surface area contributed by atoms with Gasteiger partial charge in [0.2, 0.25) is 0 Å². The fourth-order valence-corrected chi connectivity index (χ4v) is 3.86. The second-order valence-electron chi connectivity index (χ2n) is 8.07. The van der Waals surface area contributed by atoms with Crippen LogP contribution >= 0.6 is 0 Å². The van der Waals surface area contributed by atoms with Gasteiger partial charge in [-0.1, -0.05) is 72.6 Å². The van der Waals surface area contributed by atoms with Crippen molar-refractivity contribution in [2.24, 2.45) is 11.8 Å². The molecule has 2 atom stereocenters. The molecule has 0 aromatic rings. The number of carbonyl (C=O) groups is 2. The van der Waals surface area contributed by atoms with Gasteiger partial charge in [-0.3, -0.25) is 9.59 Å². The van der Waals surface area contributed by atoms with Crippen LogP contribution in [-0.2, 0) is 29.2 Å². The van der Waals surface area contributed by atoms with Crippen LogP contribution in [0.2, 0.25) is 0 Å². The first-order valence-corrected chi connectivity index (χ1v) is 12.9. The Balaban J connectivity index is 0. The Labute approximate surface area is 211 Å². The van der Waals surface area contributed by atoms with Crippen molar-refractivity contribution in [2.75, 3.05) is 13.2 Å². The summed E-state index contributed by atoms with van der Waals surface area (Å²) in [5.41, 5.74) is 0. The van der Waals surface area contributed by atoms with Gasteiger partial charge in [-0.15, -0.1) is 0 Å². The van der Waals surface area contributed by atoms with Crippen LogP contribution < -0.4 is 29.6 Å². The first-order valence-electron chi connectivity index (χ1n) is 11.5. The minimum absolute atomic E-state index is 0. The van der Waals surface area contributed by atoms with Crippen LogP contribution in [0, 0.1) is 11.8 Å². The predicted molar refractivity (Wildman–Crippen MR) is 116 cm³/mol. The average molecular weight is 473 g/mol. The van der Waals surface area contributed by atoms with Gasteiger partial charge in [0.05, 0.1) is 19.6 Å². The van der Waals surface area contributed by atoms with Crippen LogP contribution in [-0.4, -0.2) is 43.4 Å². The van der Waals surface area contributed by atoms with Crippen molar-refractivity contribution in [3.05, 3.63) is 0 Å². The first-order chi connectivity index (χ1) is 14.2. The van der Waals surface area contributed by atoms with Gasteiger partial charge in [0.15, 0.2) is 5.25 Å². The molecule has 0 saturated carbocycles. The van der Waals surface area contributed by atoms with Gasteiger partial charge in [0.1, 0.15) is 10.1 Å². The van der Waals surface area contributed by atoms with Gasteiger partial charge in [-0.2, -0.15) is 0 Å². The molecule has 0 aromatic carbocycles. The summed E-state index contributed by atoms with van der Waals surface area (Å²) in [5, 5.41) is -2.06. The monoisotopic (exact) mass is 472 g/mol. The Morgan fingerprint density at radius 2 is 1.26 bits per heavy atom. The van der Waals surface area contributed by atoms with Gasteiger partial charge < -0.3 is 14.0 Å². The zero-order chi connectivity index (χ0) is 23.0. The van der Waals surface area contributed by atoms with E-state index in [-0.39, 0.29) is 54.6 Å². The molecule has 31 heavy (non-hydrogen) atoms. The minimum atomic E-state index is -5.02.